The van der Waals surface area contributed by atoms with Crippen LogP contribution in [0, 0.1) is 0 Å². The zero-order valence-electron chi connectivity index (χ0n) is 54.2. The number of ether oxygens (including phenoxy) is 13. The average molecular weight is 1490 g/mol. The maximum absolute atomic E-state index is 13.2. The number of phenolic OH excluding ortho intramolecular Hbond substituents is 3. The summed E-state index contributed by atoms with van der Waals surface area (Å²) in [5.41, 5.74) is 0.0182. The fourth-order valence-corrected chi connectivity index (χ4v) is 11.2. The van der Waals surface area contributed by atoms with Gasteiger partial charge in [-0.3, -0.25) is 9.59 Å². The maximum atomic E-state index is 13.2. The van der Waals surface area contributed by atoms with Gasteiger partial charge in [0.05, 0.1) is 24.8 Å². The third-order valence-corrected chi connectivity index (χ3v) is 17.1. The van der Waals surface area contributed by atoms with Gasteiger partial charge in [-0.2, -0.15) is 0 Å². The molecule has 4 aromatic carbocycles. The number of hydrogen-bond acceptors (Lipinski definition) is 37. The van der Waals surface area contributed by atoms with Gasteiger partial charge in [0.2, 0.25) is 42.9 Å². The Kier molecular flexibility index (Phi) is 25.6. The number of benzene rings is 4. The molecule has 6 heterocycles. The predicted octanol–water partition coefficient (Wildman–Crippen LogP) is -6.05. The fourth-order valence-electron chi connectivity index (χ4n) is 11.2. The molecule has 10 rings (SSSR count). The first-order valence-corrected chi connectivity index (χ1v) is 31.9. The summed E-state index contributed by atoms with van der Waals surface area (Å²) in [5.74, 6) is -9.85. The molecule has 21 N–H and O–H groups in total. The molecule has 1 aromatic heterocycles. The van der Waals surface area contributed by atoms with E-state index in [0.717, 1.165) is 42.5 Å². The number of carbonyl (C=O) groups is 4. The Morgan fingerprint density at radius 2 is 0.762 bits per heavy atom. The Balaban J connectivity index is 0.799. The van der Waals surface area contributed by atoms with Crippen LogP contribution in [0.5, 0.6) is 46.0 Å². The first-order valence-electron chi connectivity index (χ1n) is 31.9. The smallest absolute Gasteiger partial charge is 0.402 e. The standard InChI is InChI=1S/C66H74O39/c67-19-36-46(77)51(82)56(87)62(101-36)95-28-7-1-24(2-8-28)5-11-42(73)92-21-38-48(79)53(84)57(88)63(103-38)96-29-9-3-25(4-10-29)6-12-43(74)93-22-39-49(80)54(85)59(90)65(104-39)99-34-14-26(13-33(45(34)76)98-64-58(89)52(83)47(78)37(20-68)102-64)61-35(17-30-31(70)15-27(69)16-32(30)97-61)100-66-60(91)55(86)50(81)40(105-66)23-94-44(75)18-41(71)72/h1-17,36-40,46-60,62-68,77-91H,18-23H2,(H3-,69,70,71,72,76)/p+1/b11-5+,12-6+/t36-,37-,38-,39-,40-,46-,47-,48-,49-,50-,51+,52+,53+,54-,55+,56+,57-,58-,59+,60-,62-,63-,64-,65-,66-/m1/s1. The van der Waals surface area contributed by atoms with Gasteiger partial charge >= 0.3 is 35.2 Å². The zero-order valence-corrected chi connectivity index (χ0v) is 54.2. The Hall–Kier alpha value is -8.83. The molecule has 105 heavy (non-hydrogen) atoms. The van der Waals surface area contributed by atoms with Gasteiger partial charge in [-0.25, -0.2) is 14.0 Å². The van der Waals surface area contributed by atoms with Crippen LogP contribution in [0.15, 0.2) is 95.4 Å². The van der Waals surface area contributed by atoms with Crippen LogP contribution in [-0.4, -0.2) is 318 Å². The van der Waals surface area contributed by atoms with Gasteiger partial charge in [0, 0.05) is 36.4 Å². The third kappa shape index (κ3) is 18.4. The summed E-state index contributed by atoms with van der Waals surface area (Å²) >= 11 is 0. The first kappa shape index (κ1) is 78.8. The molecule has 0 saturated carbocycles. The molecule has 0 unspecified atom stereocenters. The first-order chi connectivity index (χ1) is 49.9. The quantitative estimate of drug-likeness (QED) is 0.00850. The topological polar surface area (TPSA) is 624 Å². The van der Waals surface area contributed by atoms with Crippen LogP contribution in [0.1, 0.15) is 17.5 Å². The maximum Gasteiger partial charge on any atom is 0.402 e. The molecule has 0 aliphatic carbocycles. The minimum Gasteiger partial charge on any atom is -0.507 e. The van der Waals surface area contributed by atoms with E-state index >= 15 is 0 Å². The van der Waals surface area contributed by atoms with E-state index < -0.39 is 263 Å². The van der Waals surface area contributed by atoms with Crippen LogP contribution in [0.25, 0.3) is 34.4 Å². The van der Waals surface area contributed by atoms with E-state index in [1.165, 1.54) is 60.7 Å². The third-order valence-electron chi connectivity index (χ3n) is 17.1. The summed E-state index contributed by atoms with van der Waals surface area (Å²) in [4.78, 5) is 49.1. The van der Waals surface area contributed by atoms with Gasteiger partial charge in [0.25, 0.3) is 0 Å². The SMILES string of the molecule is O=C(O)CC(=O)OC[C@H]1O[C@@H](Oc2cc3c(O)cc(O)cc3[o+]c2-c2cc(O[C@@H]3O[C@H](COC(=O)/C=C/c4ccc(O[C@@H]5O[C@H](COC(=O)/C=C/c6ccc(O[C@@H]7O[C@H](CO)[C@@H](O)[C@H](O)[C@@H]7O)cc6)[C@@H](O)[C@H](O)[C@H]5O)cc4)[C@@H](O)[C@@H](O)[C@@H]3O)c(O)c(O[C@@H]3O[C@H](CO)[C@@H](O)[C@H](O)[C@H]3O)c2)[C@H](O)[C@@H](O)[C@@H]1O. The highest BCUT2D eigenvalue weighted by atomic mass is 16.7. The van der Waals surface area contributed by atoms with Crippen molar-refractivity contribution < 1.29 is 192 Å². The van der Waals surface area contributed by atoms with Crippen molar-refractivity contribution in [3.63, 3.8) is 0 Å². The highest BCUT2D eigenvalue weighted by Crippen LogP contribution is 2.48. The summed E-state index contributed by atoms with van der Waals surface area (Å²) in [6.07, 6.45) is -42.9. The molecule has 572 valence electrons. The minimum atomic E-state index is -2.23. The number of hydrogen-bond donors (Lipinski definition) is 21. The second-order valence-electron chi connectivity index (χ2n) is 24.5. The molecule has 39 nitrogen and oxygen atoms in total. The average Bonchev–Trinajstić information content (AvgIpc) is 0.761. The summed E-state index contributed by atoms with van der Waals surface area (Å²) in [5, 5.41) is 222. The lowest BCUT2D eigenvalue weighted by Gasteiger charge is -2.40. The van der Waals surface area contributed by atoms with Crippen molar-refractivity contribution in [3.05, 3.63) is 102 Å². The normalized spacial score (nSPS) is 33.6. The van der Waals surface area contributed by atoms with Crippen molar-refractivity contribution in [2.24, 2.45) is 0 Å². The number of rotatable bonds is 25. The number of phenols is 3. The Morgan fingerprint density at radius 3 is 1.14 bits per heavy atom. The number of aliphatic hydroxyl groups excluding tert-OH is 17. The lowest BCUT2D eigenvalue weighted by atomic mass is 9.99. The van der Waals surface area contributed by atoms with Crippen LogP contribution in [0.2, 0.25) is 0 Å². The van der Waals surface area contributed by atoms with Crippen LogP contribution < -0.4 is 23.7 Å². The molecule has 5 saturated heterocycles. The van der Waals surface area contributed by atoms with Crippen molar-refractivity contribution >= 4 is 47.0 Å². The van der Waals surface area contributed by atoms with E-state index in [1.54, 1.807) is 0 Å². The van der Waals surface area contributed by atoms with Crippen molar-refractivity contribution in [1.29, 1.82) is 0 Å². The molecular weight excluding hydrogens is 1420 g/mol. The Morgan fingerprint density at radius 1 is 0.410 bits per heavy atom. The Labute approximate surface area is 590 Å². The molecule has 5 aromatic rings. The minimum absolute atomic E-state index is 0.0268. The van der Waals surface area contributed by atoms with E-state index in [9.17, 15) is 121 Å². The molecule has 5 aliphatic heterocycles. The number of aliphatic carboxylic acids is 1. The Bertz CT molecular complexity index is 3870. The molecule has 39 heteroatoms. The molecular formula is C66H75O39+. The summed E-state index contributed by atoms with van der Waals surface area (Å²) in [7, 11) is 0. The van der Waals surface area contributed by atoms with E-state index in [-0.39, 0.29) is 22.5 Å². The summed E-state index contributed by atoms with van der Waals surface area (Å²) in [6.45, 7) is -4.04. The van der Waals surface area contributed by atoms with Gasteiger partial charge in [-0.05, 0) is 47.5 Å². The number of carboxylic acids is 1. The second kappa shape index (κ2) is 34.2. The number of carboxylic acid groups (broad SMARTS) is 1. The monoisotopic (exact) mass is 1490 g/mol. The fraction of sp³-hybridized carbons (Fsp3) is 0.470. The van der Waals surface area contributed by atoms with E-state index in [2.05, 4.69) is 0 Å². The molecule has 5 aliphatic rings. The van der Waals surface area contributed by atoms with E-state index in [1.807, 2.05) is 0 Å². The van der Waals surface area contributed by atoms with Crippen LogP contribution in [-0.2, 0) is 57.1 Å². The van der Waals surface area contributed by atoms with Gasteiger partial charge < -0.3 is 169 Å². The van der Waals surface area contributed by atoms with Crippen LogP contribution >= 0.6 is 0 Å². The van der Waals surface area contributed by atoms with E-state index in [0.29, 0.717) is 11.1 Å². The highest BCUT2D eigenvalue weighted by Gasteiger charge is 2.51. The largest absolute Gasteiger partial charge is 0.507 e. The molecule has 0 spiro atoms. The van der Waals surface area contributed by atoms with Gasteiger partial charge in [0.1, 0.15) is 177 Å². The molecule has 25 atom stereocenters. The van der Waals surface area contributed by atoms with Crippen LogP contribution in [0.4, 0.5) is 0 Å². The summed E-state index contributed by atoms with van der Waals surface area (Å²) in [6, 6.07) is 16.1. The lowest BCUT2D eigenvalue weighted by molar-refractivity contribution is -0.279. The van der Waals surface area contributed by atoms with Crippen molar-refractivity contribution in [2.75, 3.05) is 33.0 Å². The van der Waals surface area contributed by atoms with Gasteiger partial charge in [-0.1, -0.05) is 24.3 Å². The van der Waals surface area contributed by atoms with Crippen molar-refractivity contribution in [1.82, 2.24) is 0 Å². The number of carbonyl (C=O) groups excluding carboxylic acids is 3. The number of fused-ring (bicyclic) bond motifs is 1. The number of aliphatic hydroxyl groups is 17. The second-order valence-corrected chi connectivity index (χ2v) is 24.5. The lowest BCUT2D eigenvalue weighted by Crippen LogP contribution is -2.60. The molecule has 0 amide bonds. The number of esters is 3. The molecule has 5 fully saturated rings. The van der Waals surface area contributed by atoms with Gasteiger partial charge in [0.15, 0.2) is 11.5 Å². The highest BCUT2D eigenvalue weighted by molar-refractivity contribution is 5.91. The zero-order chi connectivity index (χ0) is 76.0. The van der Waals surface area contributed by atoms with E-state index in [4.69, 9.17) is 71.1 Å². The summed E-state index contributed by atoms with van der Waals surface area (Å²) < 4.78 is 78.5. The van der Waals surface area contributed by atoms with Gasteiger partial charge in [-0.15, -0.1) is 0 Å². The van der Waals surface area contributed by atoms with Crippen molar-refractivity contribution in [3.8, 4) is 57.3 Å². The molecule has 0 bridgehead atoms. The van der Waals surface area contributed by atoms with Crippen molar-refractivity contribution in [2.45, 2.75) is 160 Å². The number of aromatic hydroxyl groups is 3. The molecule has 0 radical (unpaired) electrons. The predicted molar refractivity (Wildman–Crippen MR) is 338 cm³/mol. The van der Waals surface area contributed by atoms with Crippen LogP contribution in [0.3, 0.4) is 0 Å².